The second kappa shape index (κ2) is 5.52. The maximum absolute atomic E-state index is 11.9. The Balaban J connectivity index is 2.97. The Bertz CT molecular complexity index is 476. The molecule has 88 valence electrons. The van der Waals surface area contributed by atoms with Gasteiger partial charge in [0.25, 0.3) is 5.91 Å². The molecule has 0 bridgehead atoms. The first-order valence-electron chi connectivity index (χ1n) is 5.00. The number of rotatable bonds is 4. The molecule has 7 heteroatoms. The van der Waals surface area contributed by atoms with E-state index in [0.29, 0.717) is 6.54 Å². The minimum Gasteiger partial charge on any atom is -0.396 e. The molecule has 0 saturated carbocycles. The average molecular weight is 232 g/mol. The predicted molar refractivity (Wildman–Crippen MR) is 59.4 cm³/mol. The number of carbonyl (C=O) groups is 1. The number of nitriles is 2. The summed E-state index contributed by atoms with van der Waals surface area (Å²) in [5.41, 5.74) is 5.98. The van der Waals surface area contributed by atoms with E-state index in [1.807, 2.05) is 19.1 Å². The van der Waals surface area contributed by atoms with Crippen molar-refractivity contribution in [3.8, 4) is 12.1 Å². The molecule has 1 aromatic rings. The fourth-order valence-corrected chi connectivity index (χ4v) is 1.28. The molecular weight excluding hydrogens is 220 g/mol. The lowest BCUT2D eigenvalue weighted by Gasteiger charge is -2.14. The standard InChI is InChI=1S/C10H12N6O/c1-2-16-7-8(13)9(14-16)10(17)15(5-3-11)6-4-12/h7H,2,5-6,13H2,1H3. The van der Waals surface area contributed by atoms with Crippen LogP contribution in [0.25, 0.3) is 0 Å². The van der Waals surface area contributed by atoms with Gasteiger partial charge < -0.3 is 10.6 Å². The molecule has 7 nitrogen and oxygen atoms in total. The number of hydrogen-bond acceptors (Lipinski definition) is 5. The monoisotopic (exact) mass is 232 g/mol. The van der Waals surface area contributed by atoms with Crippen LogP contribution >= 0.6 is 0 Å². The number of nitrogens with zero attached hydrogens (tertiary/aromatic N) is 5. The van der Waals surface area contributed by atoms with E-state index in [4.69, 9.17) is 16.3 Å². The first-order valence-corrected chi connectivity index (χ1v) is 5.00. The molecule has 1 aromatic heterocycles. The molecule has 0 aromatic carbocycles. The van der Waals surface area contributed by atoms with E-state index < -0.39 is 5.91 Å². The Morgan fingerprint density at radius 1 is 1.53 bits per heavy atom. The van der Waals surface area contributed by atoms with Crippen LogP contribution < -0.4 is 5.73 Å². The molecule has 1 amide bonds. The maximum atomic E-state index is 11.9. The Hall–Kier alpha value is -2.54. The Kier molecular flexibility index (Phi) is 4.07. The predicted octanol–water partition coefficient (Wildman–Crippen LogP) is -0.0254. The third-order valence-electron chi connectivity index (χ3n) is 2.13. The molecule has 2 N–H and O–H groups in total. The highest BCUT2D eigenvalue weighted by Crippen LogP contribution is 2.11. The molecule has 0 radical (unpaired) electrons. The molecular formula is C10H12N6O. The van der Waals surface area contributed by atoms with Crippen LogP contribution in [0.2, 0.25) is 0 Å². The number of aromatic nitrogens is 2. The van der Waals surface area contributed by atoms with Crippen molar-refractivity contribution in [2.75, 3.05) is 18.8 Å². The zero-order valence-electron chi connectivity index (χ0n) is 9.42. The van der Waals surface area contributed by atoms with Crippen LogP contribution in [0, 0.1) is 22.7 Å². The largest absolute Gasteiger partial charge is 0.396 e. The molecule has 0 aliphatic rings. The van der Waals surface area contributed by atoms with Crippen molar-refractivity contribution in [1.82, 2.24) is 14.7 Å². The van der Waals surface area contributed by atoms with Gasteiger partial charge in [0.15, 0.2) is 5.69 Å². The first kappa shape index (κ1) is 12.5. The molecule has 0 aliphatic carbocycles. The summed E-state index contributed by atoms with van der Waals surface area (Å²) >= 11 is 0. The number of carbonyl (C=O) groups excluding carboxylic acids is 1. The summed E-state index contributed by atoms with van der Waals surface area (Å²) in [5, 5.41) is 21.1. The van der Waals surface area contributed by atoms with E-state index in [-0.39, 0.29) is 24.5 Å². The van der Waals surface area contributed by atoms with Crippen molar-refractivity contribution in [2.45, 2.75) is 13.5 Å². The Labute approximate surface area is 98.6 Å². The number of amides is 1. The van der Waals surface area contributed by atoms with Crippen molar-refractivity contribution in [2.24, 2.45) is 0 Å². The first-order chi connectivity index (χ1) is 8.13. The summed E-state index contributed by atoms with van der Waals surface area (Å²) in [6, 6.07) is 3.64. The Morgan fingerprint density at radius 3 is 2.53 bits per heavy atom. The molecule has 0 spiro atoms. The topological polar surface area (TPSA) is 112 Å². The van der Waals surface area contributed by atoms with Gasteiger partial charge in [0.2, 0.25) is 0 Å². The molecule has 1 rings (SSSR count). The van der Waals surface area contributed by atoms with Gasteiger partial charge in [-0.15, -0.1) is 0 Å². The summed E-state index contributed by atoms with van der Waals surface area (Å²) < 4.78 is 1.53. The molecule has 1 heterocycles. The van der Waals surface area contributed by atoms with Crippen LogP contribution in [0.3, 0.4) is 0 Å². The van der Waals surface area contributed by atoms with Gasteiger partial charge >= 0.3 is 0 Å². The van der Waals surface area contributed by atoms with Gasteiger partial charge in [-0.1, -0.05) is 0 Å². The van der Waals surface area contributed by atoms with Gasteiger partial charge in [-0.25, -0.2) is 0 Å². The van der Waals surface area contributed by atoms with Crippen molar-refractivity contribution in [3.63, 3.8) is 0 Å². The van der Waals surface area contributed by atoms with Gasteiger partial charge in [0.1, 0.15) is 13.1 Å². The number of nitrogens with two attached hydrogens (primary N) is 1. The average Bonchev–Trinajstić information content (AvgIpc) is 2.69. The van der Waals surface area contributed by atoms with Crippen molar-refractivity contribution in [1.29, 1.82) is 10.5 Å². The third kappa shape index (κ3) is 2.73. The zero-order chi connectivity index (χ0) is 12.8. The van der Waals surface area contributed by atoms with Crippen LogP contribution in [0.4, 0.5) is 5.69 Å². The van der Waals surface area contributed by atoms with Crippen LogP contribution in [0.1, 0.15) is 17.4 Å². The third-order valence-corrected chi connectivity index (χ3v) is 2.13. The van der Waals surface area contributed by atoms with Gasteiger partial charge in [0, 0.05) is 12.7 Å². The lowest BCUT2D eigenvalue weighted by Crippen LogP contribution is -2.32. The van der Waals surface area contributed by atoms with E-state index >= 15 is 0 Å². The molecule has 0 unspecified atom stereocenters. The number of hydrogen-bond donors (Lipinski definition) is 1. The van der Waals surface area contributed by atoms with Gasteiger partial charge in [-0.3, -0.25) is 9.48 Å². The normalized spacial score (nSPS) is 9.35. The fourth-order valence-electron chi connectivity index (χ4n) is 1.28. The van der Waals surface area contributed by atoms with E-state index in [0.717, 1.165) is 4.90 Å². The summed E-state index contributed by atoms with van der Waals surface area (Å²) in [5.74, 6) is -0.502. The van der Waals surface area contributed by atoms with Gasteiger partial charge in [-0.05, 0) is 6.92 Å². The molecule has 0 atom stereocenters. The molecule has 17 heavy (non-hydrogen) atoms. The van der Waals surface area contributed by atoms with E-state index in [9.17, 15) is 4.79 Å². The number of nitrogen functional groups attached to an aromatic ring is 1. The van der Waals surface area contributed by atoms with Crippen molar-refractivity contribution < 1.29 is 4.79 Å². The number of aryl methyl sites for hydroxylation is 1. The van der Waals surface area contributed by atoms with E-state index in [1.165, 1.54) is 4.68 Å². The lowest BCUT2D eigenvalue weighted by molar-refractivity contribution is 0.0789. The minimum atomic E-state index is -0.502. The van der Waals surface area contributed by atoms with E-state index in [1.54, 1.807) is 6.20 Å². The highest BCUT2D eigenvalue weighted by molar-refractivity contribution is 5.97. The minimum absolute atomic E-state index is 0.0809. The van der Waals surface area contributed by atoms with Gasteiger partial charge in [0.05, 0.1) is 17.8 Å². The lowest BCUT2D eigenvalue weighted by atomic mass is 10.3. The molecule has 0 aliphatic heterocycles. The summed E-state index contributed by atoms with van der Waals surface area (Å²) in [6.07, 6.45) is 1.55. The number of anilines is 1. The SMILES string of the molecule is CCn1cc(N)c(C(=O)N(CC#N)CC#N)n1. The smallest absolute Gasteiger partial charge is 0.278 e. The highest BCUT2D eigenvalue weighted by atomic mass is 16.2. The van der Waals surface area contributed by atoms with Crippen molar-refractivity contribution >= 4 is 11.6 Å². The second-order valence-electron chi connectivity index (χ2n) is 3.27. The van der Waals surface area contributed by atoms with Gasteiger partial charge in [-0.2, -0.15) is 15.6 Å². The van der Waals surface area contributed by atoms with E-state index in [2.05, 4.69) is 5.10 Å². The van der Waals surface area contributed by atoms with Crippen LogP contribution in [0.15, 0.2) is 6.20 Å². The fraction of sp³-hybridized carbons (Fsp3) is 0.400. The maximum Gasteiger partial charge on any atom is 0.278 e. The van der Waals surface area contributed by atoms with Crippen molar-refractivity contribution in [3.05, 3.63) is 11.9 Å². The van der Waals surface area contributed by atoms with Crippen LogP contribution in [-0.4, -0.2) is 33.7 Å². The molecule has 0 fully saturated rings. The molecule has 0 saturated heterocycles. The van der Waals surface area contributed by atoms with Crippen LogP contribution in [-0.2, 0) is 6.54 Å². The highest BCUT2D eigenvalue weighted by Gasteiger charge is 2.21. The second-order valence-corrected chi connectivity index (χ2v) is 3.27. The summed E-state index contributed by atoms with van der Waals surface area (Å²) in [7, 11) is 0. The zero-order valence-corrected chi connectivity index (χ0v) is 9.42. The van der Waals surface area contributed by atoms with Crippen LogP contribution in [0.5, 0.6) is 0 Å². The summed E-state index contributed by atoms with van der Waals surface area (Å²) in [6.45, 7) is 2.13. The summed E-state index contributed by atoms with van der Waals surface area (Å²) in [4.78, 5) is 13.0. The quantitative estimate of drug-likeness (QED) is 0.733. The Morgan fingerprint density at radius 2 is 2.12 bits per heavy atom.